The average molecular weight is 233 g/mol. The van der Waals surface area contributed by atoms with E-state index in [-0.39, 0.29) is 0 Å². The molecule has 2 aromatic rings. The van der Waals surface area contributed by atoms with E-state index in [0.717, 1.165) is 17.2 Å². The molecule has 1 aliphatic rings. The molecule has 0 aliphatic heterocycles. The summed E-state index contributed by atoms with van der Waals surface area (Å²) in [4.78, 5) is 4.35. The molecule has 1 aromatic heterocycles. The first-order valence-corrected chi connectivity index (χ1v) is 6.67. The van der Waals surface area contributed by atoms with E-state index in [1.807, 2.05) is 5.51 Å². The quantitative estimate of drug-likeness (QED) is 0.783. The van der Waals surface area contributed by atoms with E-state index < -0.39 is 0 Å². The Morgan fingerprint density at radius 3 is 2.88 bits per heavy atom. The molecule has 0 spiro atoms. The van der Waals surface area contributed by atoms with E-state index in [1.54, 1.807) is 18.4 Å². The molecule has 0 N–H and O–H groups in total. The van der Waals surface area contributed by atoms with Gasteiger partial charge in [0.1, 0.15) is 11.3 Å². The first-order chi connectivity index (χ1) is 7.88. The lowest BCUT2D eigenvalue weighted by atomic mass is 9.97. The van der Waals surface area contributed by atoms with Crippen molar-refractivity contribution >= 4 is 21.6 Å². The Balaban J connectivity index is 2.10. The number of rotatable bonds is 2. The third-order valence-electron chi connectivity index (χ3n) is 3.47. The van der Waals surface area contributed by atoms with Crippen molar-refractivity contribution in [3.8, 4) is 5.75 Å². The summed E-state index contributed by atoms with van der Waals surface area (Å²) >= 11 is 1.70. The van der Waals surface area contributed by atoms with Gasteiger partial charge in [-0.25, -0.2) is 4.98 Å². The molecule has 3 heteroatoms. The van der Waals surface area contributed by atoms with Crippen molar-refractivity contribution in [2.75, 3.05) is 7.11 Å². The van der Waals surface area contributed by atoms with Crippen molar-refractivity contribution < 1.29 is 4.74 Å². The largest absolute Gasteiger partial charge is 0.494 e. The highest BCUT2D eigenvalue weighted by atomic mass is 32.1. The molecule has 1 fully saturated rings. The summed E-state index contributed by atoms with van der Waals surface area (Å²) in [6.45, 7) is 0. The summed E-state index contributed by atoms with van der Waals surface area (Å²) < 4.78 is 6.68. The van der Waals surface area contributed by atoms with Crippen molar-refractivity contribution in [1.82, 2.24) is 4.98 Å². The van der Waals surface area contributed by atoms with Gasteiger partial charge in [0, 0.05) is 0 Å². The second-order valence-corrected chi connectivity index (χ2v) is 5.29. The lowest BCUT2D eigenvalue weighted by molar-refractivity contribution is 0.418. The fourth-order valence-electron chi connectivity index (χ4n) is 2.61. The number of nitrogens with zero attached hydrogens (tertiary/aromatic N) is 1. The van der Waals surface area contributed by atoms with Crippen LogP contribution in [0.1, 0.15) is 37.2 Å². The minimum Gasteiger partial charge on any atom is -0.494 e. The summed E-state index contributed by atoms with van der Waals surface area (Å²) in [6.07, 6.45) is 5.39. The number of methoxy groups -OCH3 is 1. The highest BCUT2D eigenvalue weighted by Crippen LogP contribution is 2.38. The molecule has 0 radical (unpaired) electrons. The van der Waals surface area contributed by atoms with Gasteiger partial charge in [-0.2, -0.15) is 0 Å². The summed E-state index contributed by atoms with van der Waals surface area (Å²) in [5.41, 5.74) is 4.34. The van der Waals surface area contributed by atoms with Crippen LogP contribution in [0.2, 0.25) is 0 Å². The highest BCUT2D eigenvalue weighted by molar-refractivity contribution is 7.16. The van der Waals surface area contributed by atoms with Gasteiger partial charge in [-0.15, -0.1) is 11.3 Å². The van der Waals surface area contributed by atoms with E-state index in [9.17, 15) is 0 Å². The first-order valence-electron chi connectivity index (χ1n) is 5.79. The van der Waals surface area contributed by atoms with Crippen LogP contribution in [0, 0.1) is 0 Å². The third-order valence-corrected chi connectivity index (χ3v) is 4.25. The maximum absolute atomic E-state index is 5.43. The molecule has 1 aliphatic carbocycles. The number of hydrogen-bond donors (Lipinski definition) is 0. The van der Waals surface area contributed by atoms with E-state index in [1.165, 1.54) is 35.9 Å². The van der Waals surface area contributed by atoms with Crippen molar-refractivity contribution in [2.45, 2.75) is 31.6 Å². The van der Waals surface area contributed by atoms with Gasteiger partial charge in [0.05, 0.1) is 17.3 Å². The lowest BCUT2D eigenvalue weighted by Crippen LogP contribution is -1.94. The van der Waals surface area contributed by atoms with E-state index in [4.69, 9.17) is 4.74 Å². The molecule has 84 valence electrons. The Hall–Kier alpha value is -1.09. The number of thiazole rings is 1. The van der Waals surface area contributed by atoms with Gasteiger partial charge >= 0.3 is 0 Å². The molecule has 0 amide bonds. The predicted molar refractivity (Wildman–Crippen MR) is 67.4 cm³/mol. The Morgan fingerprint density at radius 1 is 1.31 bits per heavy atom. The standard InChI is InChI=1S/C13H15NOS/c1-15-11-6-10(9-4-2-3-5-9)7-12-13(11)14-8-16-12/h6-9H,2-5H2,1H3. The molecule has 1 saturated carbocycles. The molecule has 0 unspecified atom stereocenters. The number of aromatic nitrogens is 1. The highest BCUT2D eigenvalue weighted by Gasteiger charge is 2.19. The lowest BCUT2D eigenvalue weighted by Gasteiger charge is -2.11. The SMILES string of the molecule is COc1cc(C2CCCC2)cc2scnc12. The van der Waals surface area contributed by atoms with Gasteiger partial charge in [0.2, 0.25) is 0 Å². The second-order valence-electron chi connectivity index (χ2n) is 4.40. The van der Waals surface area contributed by atoms with Crippen LogP contribution < -0.4 is 4.74 Å². The second kappa shape index (κ2) is 4.06. The van der Waals surface area contributed by atoms with Gasteiger partial charge in [-0.3, -0.25) is 0 Å². The van der Waals surface area contributed by atoms with Crippen LogP contribution in [0.4, 0.5) is 0 Å². The number of hydrogen-bond acceptors (Lipinski definition) is 3. The molecule has 16 heavy (non-hydrogen) atoms. The molecule has 0 saturated heterocycles. The van der Waals surface area contributed by atoms with Crippen LogP contribution in [-0.4, -0.2) is 12.1 Å². The van der Waals surface area contributed by atoms with Gasteiger partial charge in [-0.05, 0) is 36.5 Å². The summed E-state index contributed by atoms with van der Waals surface area (Å²) in [5, 5.41) is 0. The van der Waals surface area contributed by atoms with E-state index >= 15 is 0 Å². The van der Waals surface area contributed by atoms with Crippen molar-refractivity contribution in [1.29, 1.82) is 0 Å². The molecule has 0 bridgehead atoms. The molecule has 2 nitrogen and oxygen atoms in total. The van der Waals surface area contributed by atoms with E-state index in [0.29, 0.717) is 0 Å². The Kier molecular flexibility index (Phi) is 2.56. The minimum atomic E-state index is 0.736. The fourth-order valence-corrected chi connectivity index (χ4v) is 3.35. The van der Waals surface area contributed by atoms with Crippen LogP contribution in [0.3, 0.4) is 0 Å². The zero-order valence-corrected chi connectivity index (χ0v) is 10.2. The average Bonchev–Trinajstić information content (AvgIpc) is 2.97. The van der Waals surface area contributed by atoms with Crippen molar-refractivity contribution in [3.05, 3.63) is 23.2 Å². The van der Waals surface area contributed by atoms with Gasteiger partial charge in [-0.1, -0.05) is 12.8 Å². The van der Waals surface area contributed by atoms with Gasteiger partial charge < -0.3 is 4.74 Å². The number of ether oxygens (including phenoxy) is 1. The minimum absolute atomic E-state index is 0.736. The zero-order valence-electron chi connectivity index (χ0n) is 9.40. The van der Waals surface area contributed by atoms with Crippen LogP contribution in [0.5, 0.6) is 5.75 Å². The molecule has 1 heterocycles. The van der Waals surface area contributed by atoms with Crippen molar-refractivity contribution in [2.24, 2.45) is 0 Å². The summed E-state index contributed by atoms with van der Waals surface area (Å²) in [5.74, 6) is 1.67. The van der Waals surface area contributed by atoms with Crippen LogP contribution >= 0.6 is 11.3 Å². The molecular weight excluding hydrogens is 218 g/mol. The Bertz CT molecular complexity index is 500. The normalized spacial score (nSPS) is 17.1. The zero-order chi connectivity index (χ0) is 11.0. The van der Waals surface area contributed by atoms with Gasteiger partial charge in [0.25, 0.3) is 0 Å². The maximum Gasteiger partial charge on any atom is 0.146 e. The smallest absolute Gasteiger partial charge is 0.146 e. The van der Waals surface area contributed by atoms with Crippen LogP contribution in [0.15, 0.2) is 17.6 Å². The molecular formula is C13H15NOS. The maximum atomic E-state index is 5.43. The third kappa shape index (κ3) is 1.59. The van der Waals surface area contributed by atoms with Gasteiger partial charge in [0.15, 0.2) is 0 Å². The fraction of sp³-hybridized carbons (Fsp3) is 0.462. The Morgan fingerprint density at radius 2 is 2.12 bits per heavy atom. The number of benzene rings is 1. The topological polar surface area (TPSA) is 22.1 Å². The van der Waals surface area contributed by atoms with Crippen molar-refractivity contribution in [3.63, 3.8) is 0 Å². The van der Waals surface area contributed by atoms with Crippen LogP contribution in [-0.2, 0) is 0 Å². The molecule has 0 atom stereocenters. The predicted octanol–water partition coefficient (Wildman–Crippen LogP) is 3.96. The Labute approximate surface area is 99.3 Å². The molecule has 1 aromatic carbocycles. The molecule has 3 rings (SSSR count). The van der Waals surface area contributed by atoms with E-state index in [2.05, 4.69) is 17.1 Å². The summed E-state index contributed by atoms with van der Waals surface area (Å²) in [7, 11) is 1.73. The monoisotopic (exact) mass is 233 g/mol. The van der Waals surface area contributed by atoms with Crippen LogP contribution in [0.25, 0.3) is 10.2 Å². The summed E-state index contributed by atoms with van der Waals surface area (Å²) in [6, 6.07) is 4.48. The first kappa shape index (κ1) is 10.1. The number of fused-ring (bicyclic) bond motifs is 1.